The molecule has 0 aromatic heterocycles. The van der Waals surface area contributed by atoms with Crippen molar-refractivity contribution in [1.82, 2.24) is 9.21 Å². The van der Waals surface area contributed by atoms with E-state index in [-0.39, 0.29) is 31.4 Å². The third kappa shape index (κ3) is 5.40. The average Bonchev–Trinajstić information content (AvgIpc) is 2.44. The third-order valence-electron chi connectivity index (χ3n) is 3.81. The zero-order chi connectivity index (χ0) is 18.8. The molecule has 1 aliphatic rings. The molecule has 1 unspecified atom stereocenters. The molecule has 25 heavy (non-hydrogen) atoms. The molecule has 1 aliphatic heterocycles. The molecule has 0 bridgehead atoms. The Morgan fingerprint density at radius 3 is 2.56 bits per heavy atom. The van der Waals surface area contributed by atoms with Gasteiger partial charge in [0.15, 0.2) is 0 Å². The fourth-order valence-electron chi connectivity index (χ4n) is 2.77. The topological polar surface area (TPSA) is 66.9 Å². The predicted molar refractivity (Wildman–Crippen MR) is 93.0 cm³/mol. The van der Waals surface area contributed by atoms with Crippen molar-refractivity contribution in [2.75, 3.05) is 19.6 Å². The standard InChI is InChI=1S/C17H25FN2O4S/c1-13-11-19(16(21)24-17(2,3)4)8-9-20(13)25(22,23)12-14-6-5-7-15(18)10-14/h5-7,10,13H,8-9,11-12H2,1-4H3. The van der Waals surface area contributed by atoms with E-state index in [1.165, 1.54) is 27.4 Å². The molecule has 1 heterocycles. The van der Waals surface area contributed by atoms with Gasteiger partial charge in [-0.3, -0.25) is 0 Å². The van der Waals surface area contributed by atoms with Crippen LogP contribution >= 0.6 is 0 Å². The number of hydrogen-bond donors (Lipinski definition) is 0. The SMILES string of the molecule is CC1CN(C(=O)OC(C)(C)C)CCN1S(=O)(=O)Cc1cccc(F)c1. The second-order valence-corrected chi connectivity index (χ2v) is 9.19. The Labute approximate surface area is 148 Å². The van der Waals surface area contributed by atoms with Crippen molar-refractivity contribution in [3.05, 3.63) is 35.6 Å². The van der Waals surface area contributed by atoms with Gasteiger partial charge in [-0.05, 0) is 45.4 Å². The summed E-state index contributed by atoms with van der Waals surface area (Å²) in [5.41, 5.74) is -0.192. The monoisotopic (exact) mass is 372 g/mol. The van der Waals surface area contributed by atoms with Gasteiger partial charge in [-0.25, -0.2) is 17.6 Å². The number of hydrogen-bond acceptors (Lipinski definition) is 4. The summed E-state index contributed by atoms with van der Waals surface area (Å²) in [6.07, 6.45) is -0.443. The van der Waals surface area contributed by atoms with Crippen LogP contribution in [0, 0.1) is 5.82 Å². The maximum Gasteiger partial charge on any atom is 0.410 e. The van der Waals surface area contributed by atoms with Crippen molar-refractivity contribution in [2.45, 2.75) is 45.1 Å². The molecule has 1 fully saturated rings. The number of ether oxygens (including phenoxy) is 1. The molecular weight excluding hydrogens is 347 g/mol. The van der Waals surface area contributed by atoms with Crippen molar-refractivity contribution in [2.24, 2.45) is 0 Å². The molecule has 0 spiro atoms. The number of carbonyl (C=O) groups is 1. The summed E-state index contributed by atoms with van der Waals surface area (Å²) in [7, 11) is -3.60. The highest BCUT2D eigenvalue weighted by Gasteiger charge is 2.35. The van der Waals surface area contributed by atoms with E-state index in [1.807, 2.05) is 0 Å². The molecule has 0 aliphatic carbocycles. The molecule has 1 aromatic rings. The summed E-state index contributed by atoms with van der Waals surface area (Å²) in [6.45, 7) is 7.83. The molecule has 1 saturated heterocycles. The van der Waals surface area contributed by atoms with E-state index in [0.717, 1.165) is 0 Å². The smallest absolute Gasteiger partial charge is 0.410 e. The van der Waals surface area contributed by atoms with Crippen LogP contribution in [-0.2, 0) is 20.5 Å². The van der Waals surface area contributed by atoms with Gasteiger partial charge < -0.3 is 9.64 Å². The number of benzene rings is 1. The molecule has 8 heteroatoms. The summed E-state index contributed by atoms with van der Waals surface area (Å²) >= 11 is 0. The minimum absolute atomic E-state index is 0.193. The highest BCUT2D eigenvalue weighted by molar-refractivity contribution is 7.88. The molecule has 0 N–H and O–H groups in total. The first-order chi connectivity index (χ1) is 11.5. The maximum absolute atomic E-state index is 13.3. The highest BCUT2D eigenvalue weighted by Crippen LogP contribution is 2.20. The fraction of sp³-hybridized carbons (Fsp3) is 0.588. The molecular formula is C17H25FN2O4S. The van der Waals surface area contributed by atoms with Gasteiger partial charge in [-0.15, -0.1) is 0 Å². The molecule has 0 saturated carbocycles. The number of rotatable bonds is 3. The lowest BCUT2D eigenvalue weighted by atomic mass is 10.2. The van der Waals surface area contributed by atoms with E-state index in [9.17, 15) is 17.6 Å². The van der Waals surface area contributed by atoms with Crippen LogP contribution in [0.3, 0.4) is 0 Å². The van der Waals surface area contributed by atoms with Crippen molar-refractivity contribution < 1.29 is 22.3 Å². The van der Waals surface area contributed by atoms with Crippen LogP contribution in [0.2, 0.25) is 0 Å². The van der Waals surface area contributed by atoms with Gasteiger partial charge in [0, 0.05) is 25.7 Å². The first-order valence-electron chi connectivity index (χ1n) is 8.20. The predicted octanol–water partition coefficient (Wildman–Crippen LogP) is 2.60. The summed E-state index contributed by atoms with van der Waals surface area (Å²) in [5.74, 6) is -0.725. The fourth-order valence-corrected chi connectivity index (χ4v) is 4.51. The number of halogens is 1. The van der Waals surface area contributed by atoms with Crippen LogP contribution in [0.5, 0.6) is 0 Å². The van der Waals surface area contributed by atoms with Crippen LogP contribution in [0.4, 0.5) is 9.18 Å². The van der Waals surface area contributed by atoms with Gasteiger partial charge in [0.05, 0.1) is 5.75 Å². The summed E-state index contributed by atoms with van der Waals surface area (Å²) < 4.78 is 45.3. The van der Waals surface area contributed by atoms with E-state index in [2.05, 4.69) is 0 Å². The van der Waals surface area contributed by atoms with Crippen molar-refractivity contribution in [3.63, 3.8) is 0 Å². The maximum atomic E-state index is 13.3. The van der Waals surface area contributed by atoms with Gasteiger partial charge in [-0.1, -0.05) is 12.1 Å². The Morgan fingerprint density at radius 2 is 2.00 bits per heavy atom. The quantitative estimate of drug-likeness (QED) is 0.818. The lowest BCUT2D eigenvalue weighted by Crippen LogP contribution is -2.56. The van der Waals surface area contributed by atoms with E-state index in [0.29, 0.717) is 5.56 Å². The van der Waals surface area contributed by atoms with E-state index in [4.69, 9.17) is 4.74 Å². The number of piperazine rings is 1. The molecule has 2 rings (SSSR count). The molecule has 1 atom stereocenters. The van der Waals surface area contributed by atoms with E-state index >= 15 is 0 Å². The molecule has 1 aromatic carbocycles. The zero-order valence-corrected chi connectivity index (χ0v) is 15.8. The second kappa shape index (κ2) is 7.29. The summed E-state index contributed by atoms with van der Waals surface area (Å²) in [6, 6.07) is 5.20. The van der Waals surface area contributed by atoms with E-state index < -0.39 is 27.5 Å². The van der Waals surface area contributed by atoms with Crippen molar-refractivity contribution >= 4 is 16.1 Å². The Morgan fingerprint density at radius 1 is 1.32 bits per heavy atom. The molecule has 140 valence electrons. The third-order valence-corrected chi connectivity index (χ3v) is 5.77. The van der Waals surface area contributed by atoms with Crippen LogP contribution in [-0.4, -0.2) is 55.0 Å². The van der Waals surface area contributed by atoms with Crippen LogP contribution < -0.4 is 0 Å². The Bertz CT molecular complexity index is 730. The first kappa shape index (κ1) is 19.7. The zero-order valence-electron chi connectivity index (χ0n) is 15.0. The van der Waals surface area contributed by atoms with Gasteiger partial charge in [0.1, 0.15) is 11.4 Å². The second-order valence-electron chi connectivity index (χ2n) is 7.27. The Balaban J connectivity index is 2.03. The van der Waals surface area contributed by atoms with Crippen molar-refractivity contribution in [3.8, 4) is 0 Å². The van der Waals surface area contributed by atoms with Gasteiger partial charge >= 0.3 is 6.09 Å². The normalized spacial score (nSPS) is 19.7. The summed E-state index contributed by atoms with van der Waals surface area (Å²) in [5, 5.41) is 0. The number of sulfonamides is 1. The van der Waals surface area contributed by atoms with Crippen LogP contribution in [0.1, 0.15) is 33.3 Å². The average molecular weight is 372 g/mol. The summed E-state index contributed by atoms with van der Waals surface area (Å²) in [4.78, 5) is 13.7. The van der Waals surface area contributed by atoms with Gasteiger partial charge in [-0.2, -0.15) is 4.31 Å². The Hall–Kier alpha value is -1.67. The van der Waals surface area contributed by atoms with Gasteiger partial charge in [0.25, 0.3) is 0 Å². The lowest BCUT2D eigenvalue weighted by Gasteiger charge is -2.39. The van der Waals surface area contributed by atoms with Crippen molar-refractivity contribution in [1.29, 1.82) is 0 Å². The van der Waals surface area contributed by atoms with Crippen LogP contribution in [0.25, 0.3) is 0 Å². The number of carbonyl (C=O) groups excluding carboxylic acids is 1. The van der Waals surface area contributed by atoms with Gasteiger partial charge in [0.2, 0.25) is 10.0 Å². The lowest BCUT2D eigenvalue weighted by molar-refractivity contribution is 0.0143. The molecule has 1 amide bonds. The molecule has 0 radical (unpaired) electrons. The Kier molecular flexibility index (Phi) is 5.73. The number of amides is 1. The minimum atomic E-state index is -3.60. The molecule has 6 nitrogen and oxygen atoms in total. The highest BCUT2D eigenvalue weighted by atomic mass is 32.2. The van der Waals surface area contributed by atoms with Crippen LogP contribution in [0.15, 0.2) is 24.3 Å². The largest absolute Gasteiger partial charge is 0.444 e. The number of nitrogens with zero attached hydrogens (tertiary/aromatic N) is 2. The van der Waals surface area contributed by atoms with E-state index in [1.54, 1.807) is 33.8 Å². The first-order valence-corrected chi connectivity index (χ1v) is 9.81. The minimum Gasteiger partial charge on any atom is -0.444 e.